The first-order valence-corrected chi connectivity index (χ1v) is 7.69. The van der Waals surface area contributed by atoms with E-state index in [0.29, 0.717) is 0 Å². The molecule has 21 heavy (non-hydrogen) atoms. The molecule has 2 rings (SSSR count). The van der Waals surface area contributed by atoms with Crippen LogP contribution < -0.4 is 10.6 Å². The number of anilines is 1. The van der Waals surface area contributed by atoms with Gasteiger partial charge in [-0.05, 0) is 29.8 Å². The summed E-state index contributed by atoms with van der Waals surface area (Å²) in [5.41, 5.74) is 1.88. The summed E-state index contributed by atoms with van der Waals surface area (Å²) >= 11 is 7.46. The highest BCUT2D eigenvalue weighted by molar-refractivity contribution is 7.16. The summed E-state index contributed by atoms with van der Waals surface area (Å²) in [6.07, 6.45) is 0. The minimum absolute atomic E-state index is 0.0572. The van der Waals surface area contributed by atoms with E-state index in [0.717, 1.165) is 28.7 Å². The van der Waals surface area contributed by atoms with Gasteiger partial charge in [0.2, 0.25) is 5.91 Å². The number of hydrogen-bond donors (Lipinski definition) is 2. The molecule has 1 amide bonds. The molecule has 0 aliphatic carbocycles. The Morgan fingerprint density at radius 2 is 2.14 bits per heavy atom. The van der Waals surface area contributed by atoms with Gasteiger partial charge in [-0.15, -0.1) is 11.3 Å². The van der Waals surface area contributed by atoms with E-state index in [2.05, 4.69) is 10.6 Å². The zero-order chi connectivity index (χ0) is 15.1. The maximum absolute atomic E-state index is 11.5. The molecule has 0 fully saturated rings. The van der Waals surface area contributed by atoms with Crippen molar-refractivity contribution < 1.29 is 9.53 Å². The van der Waals surface area contributed by atoms with Crippen LogP contribution in [0.25, 0.3) is 0 Å². The highest BCUT2D eigenvalue weighted by Gasteiger charge is 2.02. The molecule has 0 radical (unpaired) electrons. The van der Waals surface area contributed by atoms with Crippen molar-refractivity contribution in [2.45, 2.75) is 13.1 Å². The van der Waals surface area contributed by atoms with Crippen molar-refractivity contribution in [2.24, 2.45) is 0 Å². The standard InChI is InChI=1S/C15H17ClN2O2S/c1-20-10-15(19)18-12-4-2-3-11(7-12)8-17-9-13-5-6-14(16)21-13/h2-7,17H,8-10H2,1H3,(H,18,19). The Morgan fingerprint density at radius 3 is 2.86 bits per heavy atom. The summed E-state index contributed by atoms with van der Waals surface area (Å²) in [5.74, 6) is -0.157. The zero-order valence-electron chi connectivity index (χ0n) is 11.7. The maximum Gasteiger partial charge on any atom is 0.250 e. The first-order chi connectivity index (χ1) is 10.2. The molecule has 2 aromatic rings. The van der Waals surface area contributed by atoms with Crippen molar-refractivity contribution >= 4 is 34.5 Å². The van der Waals surface area contributed by atoms with Crippen LogP contribution in [0.4, 0.5) is 5.69 Å². The Kier molecular flexibility index (Phi) is 6.20. The lowest BCUT2D eigenvalue weighted by Gasteiger charge is -2.08. The number of halogens is 1. The van der Waals surface area contributed by atoms with Crippen molar-refractivity contribution in [3.05, 3.63) is 51.2 Å². The van der Waals surface area contributed by atoms with Gasteiger partial charge in [-0.2, -0.15) is 0 Å². The first-order valence-electron chi connectivity index (χ1n) is 6.50. The smallest absolute Gasteiger partial charge is 0.250 e. The van der Waals surface area contributed by atoms with Crippen LogP contribution in [-0.2, 0) is 22.6 Å². The summed E-state index contributed by atoms with van der Waals surface area (Å²) in [6.45, 7) is 1.56. The van der Waals surface area contributed by atoms with Crippen LogP contribution in [-0.4, -0.2) is 19.6 Å². The van der Waals surface area contributed by atoms with Crippen LogP contribution in [0.15, 0.2) is 36.4 Å². The van der Waals surface area contributed by atoms with Gasteiger partial charge in [0.15, 0.2) is 0 Å². The number of ether oxygens (including phenoxy) is 1. The average molecular weight is 325 g/mol. The number of benzene rings is 1. The summed E-state index contributed by atoms with van der Waals surface area (Å²) in [5, 5.41) is 6.14. The van der Waals surface area contributed by atoms with Crippen LogP contribution in [0, 0.1) is 0 Å². The topological polar surface area (TPSA) is 50.4 Å². The summed E-state index contributed by atoms with van der Waals surface area (Å²) in [7, 11) is 1.50. The van der Waals surface area contributed by atoms with Gasteiger partial charge in [0, 0.05) is 30.8 Å². The second kappa shape index (κ2) is 8.14. The zero-order valence-corrected chi connectivity index (χ0v) is 13.3. The number of nitrogens with one attached hydrogen (secondary N) is 2. The molecule has 1 aromatic heterocycles. The van der Waals surface area contributed by atoms with E-state index in [9.17, 15) is 4.79 Å². The summed E-state index contributed by atoms with van der Waals surface area (Å²) < 4.78 is 5.59. The first kappa shape index (κ1) is 16.0. The Morgan fingerprint density at radius 1 is 1.29 bits per heavy atom. The average Bonchev–Trinajstić information content (AvgIpc) is 2.85. The minimum Gasteiger partial charge on any atom is -0.375 e. The maximum atomic E-state index is 11.5. The predicted octanol–water partition coefficient (Wildman–Crippen LogP) is 3.28. The van der Waals surface area contributed by atoms with Crippen LogP contribution in [0.3, 0.4) is 0 Å². The van der Waals surface area contributed by atoms with Gasteiger partial charge < -0.3 is 15.4 Å². The lowest BCUT2D eigenvalue weighted by Crippen LogP contribution is -2.17. The van der Waals surface area contributed by atoms with Crippen LogP contribution >= 0.6 is 22.9 Å². The largest absolute Gasteiger partial charge is 0.375 e. The third kappa shape index (κ3) is 5.47. The molecule has 1 heterocycles. The fraction of sp³-hybridized carbons (Fsp3) is 0.267. The van der Waals surface area contributed by atoms with Crippen molar-refractivity contribution in [1.82, 2.24) is 5.32 Å². The lowest BCUT2D eigenvalue weighted by atomic mass is 10.2. The molecule has 0 bridgehead atoms. The molecule has 4 nitrogen and oxygen atoms in total. The van der Waals surface area contributed by atoms with Gasteiger partial charge in [-0.25, -0.2) is 0 Å². The minimum atomic E-state index is -0.157. The third-order valence-electron chi connectivity index (χ3n) is 2.74. The lowest BCUT2D eigenvalue weighted by molar-refractivity contribution is -0.119. The Balaban J connectivity index is 1.84. The molecule has 0 aliphatic heterocycles. The number of carbonyl (C=O) groups is 1. The summed E-state index contributed by atoms with van der Waals surface area (Å²) in [4.78, 5) is 12.7. The number of thiophene rings is 1. The van der Waals surface area contributed by atoms with E-state index in [4.69, 9.17) is 16.3 Å². The van der Waals surface area contributed by atoms with E-state index in [1.807, 2.05) is 36.4 Å². The van der Waals surface area contributed by atoms with Crippen LogP contribution in [0.5, 0.6) is 0 Å². The van der Waals surface area contributed by atoms with E-state index in [1.165, 1.54) is 12.0 Å². The number of methoxy groups -OCH3 is 1. The molecule has 0 saturated carbocycles. The fourth-order valence-corrected chi connectivity index (χ4v) is 2.92. The monoisotopic (exact) mass is 324 g/mol. The van der Waals surface area contributed by atoms with E-state index >= 15 is 0 Å². The van der Waals surface area contributed by atoms with Gasteiger partial charge in [-0.1, -0.05) is 23.7 Å². The molecule has 112 valence electrons. The molecule has 1 aromatic carbocycles. The highest BCUT2D eigenvalue weighted by Crippen LogP contribution is 2.21. The van der Waals surface area contributed by atoms with E-state index < -0.39 is 0 Å². The second-order valence-corrected chi connectivity index (χ2v) is 6.29. The SMILES string of the molecule is COCC(=O)Nc1cccc(CNCc2ccc(Cl)s2)c1. The molecular formula is C15H17ClN2O2S. The van der Waals surface area contributed by atoms with Crippen molar-refractivity contribution in [3.63, 3.8) is 0 Å². The molecule has 0 unspecified atom stereocenters. The fourth-order valence-electron chi connectivity index (χ4n) is 1.86. The summed E-state index contributed by atoms with van der Waals surface area (Å²) in [6, 6.07) is 11.6. The molecule has 0 aliphatic rings. The van der Waals surface area contributed by atoms with Crippen molar-refractivity contribution in [2.75, 3.05) is 19.0 Å². The van der Waals surface area contributed by atoms with Gasteiger partial charge in [-0.3, -0.25) is 4.79 Å². The van der Waals surface area contributed by atoms with E-state index in [1.54, 1.807) is 11.3 Å². The van der Waals surface area contributed by atoms with Gasteiger partial charge in [0.25, 0.3) is 0 Å². The number of hydrogen-bond acceptors (Lipinski definition) is 4. The van der Waals surface area contributed by atoms with Crippen LogP contribution in [0.1, 0.15) is 10.4 Å². The number of amides is 1. The van der Waals surface area contributed by atoms with Crippen molar-refractivity contribution in [1.29, 1.82) is 0 Å². The predicted molar refractivity (Wildman–Crippen MR) is 86.8 cm³/mol. The normalized spacial score (nSPS) is 10.6. The number of rotatable bonds is 7. The second-order valence-electron chi connectivity index (χ2n) is 4.49. The Labute approximate surface area is 133 Å². The molecule has 0 atom stereocenters. The molecule has 6 heteroatoms. The molecule has 0 saturated heterocycles. The highest BCUT2D eigenvalue weighted by atomic mass is 35.5. The van der Waals surface area contributed by atoms with E-state index in [-0.39, 0.29) is 12.5 Å². The molecule has 2 N–H and O–H groups in total. The van der Waals surface area contributed by atoms with Crippen LogP contribution in [0.2, 0.25) is 4.34 Å². The Hall–Kier alpha value is -1.40. The Bertz CT molecular complexity index is 601. The van der Waals surface area contributed by atoms with Gasteiger partial charge in [0.1, 0.15) is 6.61 Å². The van der Waals surface area contributed by atoms with Gasteiger partial charge in [0.05, 0.1) is 4.34 Å². The van der Waals surface area contributed by atoms with Crippen molar-refractivity contribution in [3.8, 4) is 0 Å². The third-order valence-corrected chi connectivity index (χ3v) is 3.97. The molecular weight excluding hydrogens is 308 g/mol. The number of carbonyl (C=O) groups excluding carboxylic acids is 1. The quantitative estimate of drug-likeness (QED) is 0.821. The van der Waals surface area contributed by atoms with Gasteiger partial charge >= 0.3 is 0 Å². The molecule has 0 spiro atoms.